The standard InChI is InChI=1S/C41H47Cl2NO4Si/c1-7-33(27-48-49(41(3,4)5,34-17-10-8-11-18-34)35-19-12-9-13-20-35)44-38(29-21-23-31(42)24-22-29)37(30-15-14-16-32(43)25-30)26-36(39(44)45)28(2)40(46)47-6/h8-25,28,33,36-38H,7,26-27H2,1-6H3/t28-,33?,36?,37+,38+/m0/s1. The van der Waals surface area contributed by atoms with Crippen LogP contribution < -0.4 is 10.4 Å². The molecule has 1 aliphatic heterocycles. The minimum absolute atomic E-state index is 0.0750. The van der Waals surface area contributed by atoms with Gasteiger partial charge in [-0.3, -0.25) is 9.59 Å². The van der Waals surface area contributed by atoms with Crippen LogP contribution in [0.2, 0.25) is 15.1 Å². The maximum atomic E-state index is 15.0. The third-order valence-electron chi connectivity index (χ3n) is 10.2. The zero-order valence-electron chi connectivity index (χ0n) is 29.2. The predicted octanol–water partition coefficient (Wildman–Crippen LogP) is 8.83. The second-order valence-corrected chi connectivity index (χ2v) is 19.3. The molecule has 0 N–H and O–H groups in total. The molecule has 5 atom stereocenters. The molecule has 1 saturated heterocycles. The summed E-state index contributed by atoms with van der Waals surface area (Å²) in [6.45, 7) is 11.0. The maximum absolute atomic E-state index is 15.0. The monoisotopic (exact) mass is 715 g/mol. The van der Waals surface area contributed by atoms with Crippen molar-refractivity contribution < 1.29 is 18.8 Å². The zero-order chi connectivity index (χ0) is 35.3. The average molecular weight is 717 g/mol. The Morgan fingerprint density at radius 2 is 1.45 bits per heavy atom. The number of hydrogen-bond acceptors (Lipinski definition) is 4. The number of hydrogen-bond donors (Lipinski definition) is 0. The molecule has 0 radical (unpaired) electrons. The van der Waals surface area contributed by atoms with Crippen molar-refractivity contribution in [2.45, 2.75) is 70.5 Å². The Morgan fingerprint density at radius 1 is 0.857 bits per heavy atom. The zero-order valence-corrected chi connectivity index (χ0v) is 31.7. The number of likely N-dealkylation sites (tertiary alicyclic amines) is 1. The predicted molar refractivity (Wildman–Crippen MR) is 202 cm³/mol. The third-order valence-corrected chi connectivity index (χ3v) is 15.7. The van der Waals surface area contributed by atoms with E-state index < -0.39 is 26.1 Å². The summed E-state index contributed by atoms with van der Waals surface area (Å²) >= 11 is 13.0. The largest absolute Gasteiger partial charge is 0.469 e. The fourth-order valence-corrected chi connectivity index (χ4v) is 12.6. The van der Waals surface area contributed by atoms with E-state index in [1.165, 1.54) is 17.5 Å². The first-order chi connectivity index (χ1) is 23.4. The van der Waals surface area contributed by atoms with Crippen molar-refractivity contribution in [2.24, 2.45) is 11.8 Å². The molecular formula is C41H47Cl2NO4Si. The minimum atomic E-state index is -2.92. The van der Waals surface area contributed by atoms with Crippen molar-refractivity contribution in [3.63, 3.8) is 0 Å². The lowest BCUT2D eigenvalue weighted by Gasteiger charge is -2.50. The highest BCUT2D eigenvalue weighted by molar-refractivity contribution is 6.99. The minimum Gasteiger partial charge on any atom is -0.469 e. The SMILES string of the molecule is CCC(CO[Si](c1ccccc1)(c1ccccc1)C(C)(C)C)N1C(=O)C([C@H](C)C(=O)OC)C[C@H](c2cccc(Cl)c2)[C@H]1c1ccc(Cl)cc1. The Balaban J connectivity index is 1.67. The molecule has 258 valence electrons. The molecule has 0 aromatic heterocycles. The van der Waals surface area contributed by atoms with E-state index in [0.29, 0.717) is 29.5 Å². The molecule has 8 heteroatoms. The molecule has 1 fully saturated rings. The summed E-state index contributed by atoms with van der Waals surface area (Å²) in [6.07, 6.45) is 1.11. The van der Waals surface area contributed by atoms with Crippen LogP contribution in [-0.4, -0.2) is 44.9 Å². The van der Waals surface area contributed by atoms with Crippen molar-refractivity contribution in [1.82, 2.24) is 4.90 Å². The van der Waals surface area contributed by atoms with E-state index in [0.717, 1.165) is 11.1 Å². The number of halogens is 2. The number of benzene rings is 4. The molecule has 0 spiro atoms. The summed E-state index contributed by atoms with van der Waals surface area (Å²) in [5.74, 6) is -1.86. The Kier molecular flexibility index (Phi) is 11.8. The number of amides is 1. The van der Waals surface area contributed by atoms with Crippen molar-refractivity contribution in [3.8, 4) is 0 Å². The number of nitrogens with zero attached hydrogens (tertiary/aromatic N) is 1. The topological polar surface area (TPSA) is 55.8 Å². The van der Waals surface area contributed by atoms with Crippen LogP contribution in [0.4, 0.5) is 0 Å². The summed E-state index contributed by atoms with van der Waals surface area (Å²) in [4.78, 5) is 30.0. The molecule has 5 rings (SSSR count). The molecule has 0 aliphatic carbocycles. The molecule has 4 aromatic rings. The van der Waals surface area contributed by atoms with Crippen LogP contribution in [0.15, 0.2) is 109 Å². The highest BCUT2D eigenvalue weighted by Gasteiger charge is 2.52. The quantitative estimate of drug-likeness (QED) is 0.115. The van der Waals surface area contributed by atoms with Crippen molar-refractivity contribution >= 4 is 53.8 Å². The maximum Gasteiger partial charge on any atom is 0.309 e. The number of ether oxygens (including phenoxy) is 1. The average Bonchev–Trinajstić information content (AvgIpc) is 3.10. The fraction of sp³-hybridized carbons (Fsp3) is 0.366. The van der Waals surface area contributed by atoms with Crippen LogP contribution in [0.1, 0.15) is 70.5 Å². The van der Waals surface area contributed by atoms with E-state index in [1.807, 2.05) is 59.5 Å². The molecule has 2 unspecified atom stereocenters. The normalized spacial score (nSPS) is 19.7. The molecule has 1 amide bonds. The van der Waals surface area contributed by atoms with Crippen molar-refractivity contribution in [2.75, 3.05) is 13.7 Å². The van der Waals surface area contributed by atoms with Crippen LogP contribution in [0.5, 0.6) is 0 Å². The first-order valence-corrected chi connectivity index (χ1v) is 19.7. The van der Waals surface area contributed by atoms with E-state index in [-0.39, 0.29) is 28.9 Å². The lowest BCUT2D eigenvalue weighted by atomic mass is 9.71. The van der Waals surface area contributed by atoms with E-state index >= 15 is 0 Å². The summed E-state index contributed by atoms with van der Waals surface area (Å²) in [7, 11) is -1.54. The van der Waals surface area contributed by atoms with Gasteiger partial charge in [0.1, 0.15) is 0 Å². The van der Waals surface area contributed by atoms with Crippen LogP contribution in [0, 0.1) is 11.8 Å². The fourth-order valence-electron chi connectivity index (χ4n) is 7.69. The Labute approximate surface area is 302 Å². The van der Waals surface area contributed by atoms with Gasteiger partial charge < -0.3 is 14.1 Å². The van der Waals surface area contributed by atoms with Gasteiger partial charge in [0.05, 0.1) is 37.6 Å². The van der Waals surface area contributed by atoms with Gasteiger partial charge in [0.15, 0.2) is 0 Å². The van der Waals surface area contributed by atoms with Gasteiger partial charge in [-0.1, -0.05) is 143 Å². The van der Waals surface area contributed by atoms with Gasteiger partial charge in [-0.05, 0) is 63.6 Å². The van der Waals surface area contributed by atoms with Gasteiger partial charge in [-0.25, -0.2) is 0 Å². The van der Waals surface area contributed by atoms with Crippen LogP contribution in [0.25, 0.3) is 0 Å². The van der Waals surface area contributed by atoms with E-state index in [9.17, 15) is 9.59 Å². The van der Waals surface area contributed by atoms with Crippen molar-refractivity contribution in [1.29, 1.82) is 0 Å². The van der Waals surface area contributed by atoms with Gasteiger partial charge in [-0.2, -0.15) is 0 Å². The molecular weight excluding hydrogens is 669 g/mol. The van der Waals surface area contributed by atoms with Gasteiger partial charge >= 0.3 is 5.97 Å². The second kappa shape index (κ2) is 15.6. The number of piperidine rings is 1. The van der Waals surface area contributed by atoms with Crippen LogP contribution in [-0.2, 0) is 18.8 Å². The van der Waals surface area contributed by atoms with Crippen LogP contribution in [0.3, 0.4) is 0 Å². The van der Waals surface area contributed by atoms with E-state index in [1.54, 1.807) is 6.92 Å². The molecule has 1 heterocycles. The Bertz CT molecular complexity index is 1670. The molecule has 5 nitrogen and oxygen atoms in total. The Morgan fingerprint density at radius 3 is 1.96 bits per heavy atom. The van der Waals surface area contributed by atoms with Crippen LogP contribution >= 0.6 is 23.2 Å². The highest BCUT2D eigenvalue weighted by Crippen LogP contribution is 2.49. The van der Waals surface area contributed by atoms with E-state index in [4.69, 9.17) is 32.4 Å². The van der Waals surface area contributed by atoms with Gasteiger partial charge in [-0.15, -0.1) is 0 Å². The highest BCUT2D eigenvalue weighted by atomic mass is 35.5. The third kappa shape index (κ3) is 7.53. The number of esters is 1. The van der Waals surface area contributed by atoms with Gasteiger partial charge in [0.25, 0.3) is 8.32 Å². The lowest BCUT2D eigenvalue weighted by Crippen LogP contribution is -2.67. The molecule has 49 heavy (non-hydrogen) atoms. The van der Waals surface area contributed by atoms with Crippen molar-refractivity contribution in [3.05, 3.63) is 130 Å². The second-order valence-electron chi connectivity index (χ2n) is 14.1. The van der Waals surface area contributed by atoms with Gasteiger partial charge in [0.2, 0.25) is 5.91 Å². The molecule has 4 aromatic carbocycles. The van der Waals surface area contributed by atoms with Gasteiger partial charge in [0, 0.05) is 16.0 Å². The number of methoxy groups -OCH3 is 1. The molecule has 0 saturated carbocycles. The first-order valence-electron chi connectivity index (χ1n) is 17.1. The number of carbonyl (C=O) groups excluding carboxylic acids is 2. The smallest absolute Gasteiger partial charge is 0.309 e. The Hall–Kier alpha value is -3.42. The van der Waals surface area contributed by atoms with E-state index in [2.05, 4.69) is 82.3 Å². The number of rotatable bonds is 11. The summed E-state index contributed by atoms with van der Waals surface area (Å²) < 4.78 is 12.6. The summed E-state index contributed by atoms with van der Waals surface area (Å²) in [5.41, 5.74) is 1.98. The molecule has 1 aliphatic rings. The first kappa shape index (κ1) is 36.8. The summed E-state index contributed by atoms with van der Waals surface area (Å²) in [6, 6.07) is 36.0. The lowest BCUT2D eigenvalue weighted by molar-refractivity contribution is -0.159. The number of carbonyl (C=O) groups is 2. The summed E-state index contributed by atoms with van der Waals surface area (Å²) in [5, 5.41) is 3.36. The molecule has 0 bridgehead atoms.